The number of hydrogen-bond donors (Lipinski definition) is 0. The van der Waals surface area contributed by atoms with Crippen molar-refractivity contribution in [3.8, 4) is 0 Å². The number of rotatable bonds is 1. The lowest BCUT2D eigenvalue weighted by Crippen LogP contribution is -2.29. The number of fused-ring (bicyclic) bond motifs is 1. The number of nitrogens with zero attached hydrogens (tertiary/aromatic N) is 2. The number of alkyl halides is 3. The zero-order chi connectivity index (χ0) is 15.7. The van der Waals surface area contributed by atoms with E-state index in [1.54, 1.807) is 54.6 Å². The molecule has 3 aromatic rings. The highest BCUT2D eigenvalue weighted by molar-refractivity contribution is 5.99. The number of benzene rings is 2. The Balaban J connectivity index is 2.17. The number of aryl methyl sites for hydroxylation is 1. The number of aromatic nitrogens is 1. The van der Waals surface area contributed by atoms with Gasteiger partial charge in [0.2, 0.25) is 5.84 Å². The average molecular weight is 302 g/mol. The first-order valence-electron chi connectivity index (χ1n) is 6.74. The molecule has 0 spiro atoms. The molecular formula is C17H13F3N2. The molecule has 0 unspecified atom stereocenters. The molecule has 0 atom stereocenters. The predicted octanol–water partition coefficient (Wildman–Crippen LogP) is 5.09. The van der Waals surface area contributed by atoms with E-state index in [1.807, 2.05) is 6.92 Å². The molecule has 0 saturated carbocycles. The van der Waals surface area contributed by atoms with Gasteiger partial charge < -0.3 is 0 Å². The highest BCUT2D eigenvalue weighted by Gasteiger charge is 2.38. The van der Waals surface area contributed by atoms with Crippen LogP contribution in [0.25, 0.3) is 10.9 Å². The maximum atomic E-state index is 13.4. The molecule has 5 heteroatoms. The summed E-state index contributed by atoms with van der Waals surface area (Å²) >= 11 is 0. The summed E-state index contributed by atoms with van der Waals surface area (Å²) in [5, 5.41) is 0.739. The fraction of sp³-hybridized carbons (Fsp3) is 0.118. The Morgan fingerprint density at radius 3 is 2.32 bits per heavy atom. The number of hydrogen-bond acceptors (Lipinski definition) is 1. The van der Waals surface area contributed by atoms with Crippen molar-refractivity contribution in [1.82, 2.24) is 4.57 Å². The third-order valence-electron chi connectivity index (χ3n) is 3.35. The molecule has 0 amide bonds. The number of halogens is 3. The average Bonchev–Trinajstić information content (AvgIpc) is 2.89. The Bertz CT molecular complexity index is 827. The van der Waals surface area contributed by atoms with Crippen molar-refractivity contribution in [1.29, 1.82) is 0 Å². The van der Waals surface area contributed by atoms with E-state index in [0.717, 1.165) is 15.5 Å². The molecule has 0 fully saturated rings. The summed E-state index contributed by atoms with van der Waals surface area (Å²) in [5.41, 5.74) is 1.72. The Morgan fingerprint density at radius 2 is 1.64 bits per heavy atom. The van der Waals surface area contributed by atoms with Gasteiger partial charge in [0.05, 0.1) is 11.2 Å². The number of para-hydroxylation sites is 1. The highest BCUT2D eigenvalue weighted by atomic mass is 19.4. The number of aliphatic imine (C=N–C) groups is 1. The second-order valence-corrected chi connectivity index (χ2v) is 5.01. The minimum absolute atomic E-state index is 0.274. The van der Waals surface area contributed by atoms with Crippen molar-refractivity contribution >= 4 is 22.4 Å². The van der Waals surface area contributed by atoms with Gasteiger partial charge in [0, 0.05) is 6.20 Å². The standard InChI is InChI=1S/C17H13F3N2/c1-12-6-8-14(9-7-12)21-16(17(18,19)20)22-11-10-13-4-2-3-5-15(13)22/h2-11H,1H3. The zero-order valence-electron chi connectivity index (χ0n) is 11.8. The lowest BCUT2D eigenvalue weighted by molar-refractivity contribution is -0.0613. The fourth-order valence-corrected chi connectivity index (χ4v) is 2.26. The summed E-state index contributed by atoms with van der Waals surface area (Å²) in [7, 11) is 0. The second kappa shape index (κ2) is 5.33. The Hall–Kier alpha value is -2.56. The Kier molecular flexibility index (Phi) is 3.48. The van der Waals surface area contributed by atoms with Gasteiger partial charge in [0.25, 0.3) is 0 Å². The van der Waals surface area contributed by atoms with Crippen molar-refractivity contribution in [3.05, 3.63) is 66.4 Å². The van der Waals surface area contributed by atoms with E-state index in [0.29, 0.717) is 5.52 Å². The quantitative estimate of drug-likeness (QED) is 0.440. The first-order valence-corrected chi connectivity index (χ1v) is 6.74. The van der Waals surface area contributed by atoms with E-state index in [9.17, 15) is 13.2 Å². The van der Waals surface area contributed by atoms with Gasteiger partial charge in [-0.1, -0.05) is 35.9 Å². The smallest absolute Gasteiger partial charge is 0.297 e. The molecule has 22 heavy (non-hydrogen) atoms. The first-order chi connectivity index (χ1) is 10.4. The molecule has 0 aliphatic rings. The van der Waals surface area contributed by atoms with E-state index in [1.165, 1.54) is 6.20 Å². The van der Waals surface area contributed by atoms with Gasteiger partial charge in [-0.15, -0.1) is 0 Å². The van der Waals surface area contributed by atoms with Crippen LogP contribution >= 0.6 is 0 Å². The summed E-state index contributed by atoms with van der Waals surface area (Å²) in [6.45, 7) is 1.87. The van der Waals surface area contributed by atoms with E-state index < -0.39 is 12.0 Å². The fourth-order valence-electron chi connectivity index (χ4n) is 2.26. The van der Waals surface area contributed by atoms with Crippen molar-refractivity contribution in [3.63, 3.8) is 0 Å². The van der Waals surface area contributed by atoms with E-state index in [4.69, 9.17) is 0 Å². The molecule has 1 aromatic heterocycles. The van der Waals surface area contributed by atoms with Crippen LogP contribution in [0.4, 0.5) is 18.9 Å². The third-order valence-corrected chi connectivity index (χ3v) is 3.35. The van der Waals surface area contributed by atoms with Crippen molar-refractivity contribution in [2.24, 2.45) is 4.99 Å². The second-order valence-electron chi connectivity index (χ2n) is 5.01. The van der Waals surface area contributed by atoms with Crippen LogP contribution in [-0.4, -0.2) is 16.6 Å². The van der Waals surface area contributed by atoms with E-state index in [2.05, 4.69) is 4.99 Å². The predicted molar refractivity (Wildman–Crippen MR) is 81.7 cm³/mol. The van der Waals surface area contributed by atoms with E-state index >= 15 is 0 Å². The molecule has 0 aliphatic carbocycles. The summed E-state index contributed by atoms with van der Waals surface area (Å²) in [6, 6.07) is 15.2. The van der Waals surface area contributed by atoms with Crippen molar-refractivity contribution in [2.45, 2.75) is 13.1 Å². The summed E-state index contributed by atoms with van der Waals surface area (Å²) < 4.78 is 41.4. The van der Waals surface area contributed by atoms with Gasteiger partial charge in [-0.2, -0.15) is 13.2 Å². The highest BCUT2D eigenvalue weighted by Crippen LogP contribution is 2.26. The molecule has 2 aromatic carbocycles. The van der Waals surface area contributed by atoms with Gasteiger partial charge >= 0.3 is 6.18 Å². The van der Waals surface area contributed by atoms with Crippen LogP contribution < -0.4 is 0 Å². The third kappa shape index (κ3) is 2.74. The molecule has 0 radical (unpaired) electrons. The van der Waals surface area contributed by atoms with Gasteiger partial charge in [-0.3, -0.25) is 4.57 Å². The van der Waals surface area contributed by atoms with Crippen molar-refractivity contribution in [2.75, 3.05) is 0 Å². The molecule has 2 nitrogen and oxygen atoms in total. The molecule has 0 aliphatic heterocycles. The summed E-state index contributed by atoms with van der Waals surface area (Å²) in [5.74, 6) is -0.947. The largest absolute Gasteiger partial charge is 0.450 e. The van der Waals surface area contributed by atoms with Crippen LogP contribution in [0.2, 0.25) is 0 Å². The van der Waals surface area contributed by atoms with Crippen LogP contribution in [0.3, 0.4) is 0 Å². The van der Waals surface area contributed by atoms with Gasteiger partial charge in [0.1, 0.15) is 0 Å². The minimum Gasteiger partial charge on any atom is -0.297 e. The molecule has 3 rings (SSSR count). The Labute approximate surface area is 125 Å². The molecule has 112 valence electrons. The Morgan fingerprint density at radius 1 is 0.955 bits per heavy atom. The van der Waals surface area contributed by atoms with Gasteiger partial charge in [-0.05, 0) is 36.6 Å². The molecule has 0 saturated heterocycles. The summed E-state index contributed by atoms with van der Waals surface area (Å²) in [6.07, 6.45) is -3.15. The van der Waals surface area contributed by atoms with Crippen LogP contribution in [0.1, 0.15) is 5.56 Å². The van der Waals surface area contributed by atoms with Crippen LogP contribution in [0.5, 0.6) is 0 Å². The lowest BCUT2D eigenvalue weighted by atomic mass is 10.2. The summed E-state index contributed by atoms with van der Waals surface area (Å²) in [4.78, 5) is 3.82. The molecular weight excluding hydrogens is 289 g/mol. The topological polar surface area (TPSA) is 17.3 Å². The van der Waals surface area contributed by atoms with Gasteiger partial charge in [0.15, 0.2) is 0 Å². The zero-order valence-corrected chi connectivity index (χ0v) is 11.8. The van der Waals surface area contributed by atoms with Crippen molar-refractivity contribution < 1.29 is 13.2 Å². The lowest BCUT2D eigenvalue weighted by Gasteiger charge is -2.13. The maximum absolute atomic E-state index is 13.4. The maximum Gasteiger partial charge on any atom is 0.450 e. The molecule has 0 N–H and O–H groups in total. The SMILES string of the molecule is Cc1ccc(N=C(n2ccc3ccccc32)C(F)(F)F)cc1. The van der Waals surface area contributed by atoms with E-state index in [-0.39, 0.29) is 5.69 Å². The monoisotopic (exact) mass is 302 g/mol. The minimum atomic E-state index is -4.55. The molecule has 1 heterocycles. The first kappa shape index (κ1) is 14.4. The van der Waals surface area contributed by atoms with Crippen LogP contribution in [-0.2, 0) is 0 Å². The van der Waals surface area contributed by atoms with Gasteiger partial charge in [-0.25, -0.2) is 4.99 Å². The molecule has 0 bridgehead atoms. The van der Waals surface area contributed by atoms with Crippen LogP contribution in [0.15, 0.2) is 65.8 Å². The normalized spacial score (nSPS) is 12.8. The van der Waals surface area contributed by atoms with Crippen LogP contribution in [0, 0.1) is 6.92 Å².